The summed E-state index contributed by atoms with van der Waals surface area (Å²) in [6.45, 7) is 1.95. The third-order valence-corrected chi connectivity index (χ3v) is 10.9. The molecule has 0 radical (unpaired) electrons. The van der Waals surface area contributed by atoms with E-state index in [4.69, 9.17) is 9.47 Å². The first-order valence-corrected chi connectivity index (χ1v) is 19.7. The molecule has 0 saturated carbocycles. The largest absolute Gasteiger partial charge is 0.495 e. The molecular formula is C38H30O11S3. The molecular weight excluding hydrogens is 729 g/mol. The minimum absolute atomic E-state index is 0.0496. The summed E-state index contributed by atoms with van der Waals surface area (Å²) < 4.78 is 115. The Kier molecular flexibility index (Phi) is 9.81. The van der Waals surface area contributed by atoms with Crippen LogP contribution >= 0.6 is 0 Å². The topological polar surface area (TPSA) is 182 Å². The van der Waals surface area contributed by atoms with Gasteiger partial charge in [0.05, 0.1) is 12.0 Å². The highest BCUT2D eigenvalue weighted by atomic mass is 32.2. The molecule has 14 heteroatoms. The zero-order valence-corrected chi connectivity index (χ0v) is 29.9. The van der Waals surface area contributed by atoms with Crippen molar-refractivity contribution in [2.75, 3.05) is 7.11 Å². The van der Waals surface area contributed by atoms with E-state index in [2.05, 4.69) is 0 Å². The molecule has 0 bridgehead atoms. The van der Waals surface area contributed by atoms with Gasteiger partial charge in [0.25, 0.3) is 30.4 Å². The van der Waals surface area contributed by atoms with Gasteiger partial charge in [-0.05, 0) is 106 Å². The van der Waals surface area contributed by atoms with E-state index in [9.17, 15) is 38.9 Å². The predicted molar refractivity (Wildman–Crippen MR) is 195 cm³/mol. The molecule has 0 spiro atoms. The Labute approximate surface area is 301 Å². The van der Waals surface area contributed by atoms with E-state index in [0.29, 0.717) is 27.8 Å². The second kappa shape index (κ2) is 14.0. The number of hydrogen-bond acceptors (Lipinski definition) is 8. The molecule has 0 aromatic heterocycles. The van der Waals surface area contributed by atoms with Crippen LogP contribution in [0.1, 0.15) is 5.56 Å². The molecule has 11 nitrogen and oxygen atoms in total. The van der Waals surface area contributed by atoms with Gasteiger partial charge in [-0.1, -0.05) is 72.8 Å². The van der Waals surface area contributed by atoms with Gasteiger partial charge >= 0.3 is 0 Å². The Morgan fingerprint density at radius 2 is 1.00 bits per heavy atom. The van der Waals surface area contributed by atoms with Crippen molar-refractivity contribution in [3.05, 3.63) is 133 Å². The molecule has 0 aliphatic rings. The molecule has 0 saturated heterocycles. The third kappa shape index (κ3) is 7.77. The van der Waals surface area contributed by atoms with E-state index in [1.165, 1.54) is 49.6 Å². The molecule has 0 heterocycles. The van der Waals surface area contributed by atoms with Gasteiger partial charge in [0, 0.05) is 5.56 Å². The van der Waals surface area contributed by atoms with Crippen molar-refractivity contribution in [1.82, 2.24) is 0 Å². The van der Waals surface area contributed by atoms with Crippen LogP contribution in [-0.4, -0.2) is 46.0 Å². The van der Waals surface area contributed by atoms with Gasteiger partial charge in [-0.2, -0.15) is 25.3 Å². The number of ether oxygens (including phenoxy) is 2. The summed E-state index contributed by atoms with van der Waals surface area (Å²) in [5.74, 6) is -0.194. The first kappa shape index (κ1) is 36.4. The smallest absolute Gasteiger partial charge is 0.298 e. The summed E-state index contributed by atoms with van der Waals surface area (Å²) in [6.07, 6.45) is 0. The van der Waals surface area contributed by atoms with Crippen LogP contribution in [0.4, 0.5) is 0 Å². The standard InChI is InChI=1S/C38H30O11S3/c1-24-8-9-28(20-33(24)26-6-4-3-5-7-26)30-21-34(27-12-17-32(18-13-27)50(39,40)41)38(37(23-30)52(45,46)47)49-31-15-10-25(11-16-31)29-14-19-35(48-2)36(22-29)51(42,43)44/h3-23H,1-2H3,(H,39,40,41)(H,42,43,44)(H,45,46,47). The predicted octanol–water partition coefficient (Wildman–Crippen LogP) is 8.20. The number of aryl methyl sites for hydroxylation is 1. The van der Waals surface area contributed by atoms with Crippen LogP contribution in [0.25, 0.3) is 44.5 Å². The summed E-state index contributed by atoms with van der Waals surface area (Å²) in [5, 5.41) is 0. The number of hydrogen-bond donors (Lipinski definition) is 3. The average Bonchev–Trinajstić information content (AvgIpc) is 3.11. The van der Waals surface area contributed by atoms with Gasteiger partial charge in [0.1, 0.15) is 21.3 Å². The molecule has 6 aromatic rings. The minimum Gasteiger partial charge on any atom is -0.495 e. The molecule has 0 aliphatic heterocycles. The summed E-state index contributed by atoms with van der Waals surface area (Å²) >= 11 is 0. The van der Waals surface area contributed by atoms with Crippen LogP contribution in [-0.2, 0) is 30.4 Å². The zero-order valence-electron chi connectivity index (χ0n) is 27.5. The quantitative estimate of drug-likeness (QED) is 0.115. The Balaban J connectivity index is 1.50. The highest BCUT2D eigenvalue weighted by molar-refractivity contribution is 7.86. The number of rotatable bonds is 10. The molecule has 0 aliphatic carbocycles. The summed E-state index contributed by atoms with van der Waals surface area (Å²) in [4.78, 5) is -1.39. The van der Waals surface area contributed by atoms with Gasteiger partial charge in [-0.15, -0.1) is 0 Å². The number of methoxy groups -OCH3 is 1. The first-order chi connectivity index (χ1) is 24.5. The monoisotopic (exact) mass is 758 g/mol. The van der Waals surface area contributed by atoms with Crippen molar-refractivity contribution in [1.29, 1.82) is 0 Å². The fourth-order valence-corrected chi connectivity index (χ4v) is 7.53. The molecule has 6 rings (SSSR count). The molecule has 0 atom stereocenters. The lowest BCUT2D eigenvalue weighted by Gasteiger charge is -2.18. The third-order valence-electron chi connectivity index (χ3n) is 8.30. The van der Waals surface area contributed by atoms with Crippen LogP contribution in [0.2, 0.25) is 0 Å². The fourth-order valence-electron chi connectivity index (χ4n) is 5.71. The first-order valence-electron chi connectivity index (χ1n) is 15.4. The van der Waals surface area contributed by atoms with E-state index >= 15 is 0 Å². The van der Waals surface area contributed by atoms with Crippen LogP contribution in [0, 0.1) is 6.92 Å². The van der Waals surface area contributed by atoms with Gasteiger partial charge in [-0.3, -0.25) is 13.7 Å². The van der Waals surface area contributed by atoms with E-state index < -0.39 is 40.1 Å². The Hall–Kier alpha value is -5.35. The second-order valence-electron chi connectivity index (χ2n) is 11.7. The van der Waals surface area contributed by atoms with Crippen LogP contribution in [0.15, 0.2) is 142 Å². The summed E-state index contributed by atoms with van der Waals surface area (Å²) in [6, 6.07) is 33.5. The van der Waals surface area contributed by atoms with Gasteiger partial charge < -0.3 is 9.47 Å². The van der Waals surface area contributed by atoms with Crippen molar-refractivity contribution >= 4 is 30.4 Å². The van der Waals surface area contributed by atoms with E-state index in [-0.39, 0.29) is 27.7 Å². The average molecular weight is 759 g/mol. The molecule has 52 heavy (non-hydrogen) atoms. The highest BCUT2D eigenvalue weighted by Crippen LogP contribution is 2.43. The molecule has 3 N–H and O–H groups in total. The van der Waals surface area contributed by atoms with Crippen molar-refractivity contribution in [3.63, 3.8) is 0 Å². The maximum Gasteiger partial charge on any atom is 0.298 e. The Morgan fingerprint density at radius 3 is 1.60 bits per heavy atom. The summed E-state index contributed by atoms with van der Waals surface area (Å²) in [7, 11) is -12.8. The fraction of sp³-hybridized carbons (Fsp3) is 0.0526. The SMILES string of the molecule is COc1ccc(-c2ccc(Oc3c(-c4ccc(S(=O)(=O)O)cc4)cc(-c4ccc(C)c(-c5ccccc5)c4)cc3S(=O)(=O)O)cc2)cc1S(=O)(=O)O. The lowest BCUT2D eigenvalue weighted by Crippen LogP contribution is -2.04. The highest BCUT2D eigenvalue weighted by Gasteiger charge is 2.25. The van der Waals surface area contributed by atoms with Crippen molar-refractivity contribution in [2.45, 2.75) is 21.6 Å². The van der Waals surface area contributed by atoms with Crippen molar-refractivity contribution in [2.24, 2.45) is 0 Å². The number of benzene rings is 6. The van der Waals surface area contributed by atoms with E-state index in [1.54, 1.807) is 24.3 Å². The second-order valence-corrected chi connectivity index (χ2v) is 15.9. The van der Waals surface area contributed by atoms with Crippen molar-refractivity contribution in [3.8, 4) is 61.8 Å². The van der Waals surface area contributed by atoms with Gasteiger partial charge in [0.15, 0.2) is 5.75 Å². The Bertz CT molecular complexity index is 2640. The van der Waals surface area contributed by atoms with Gasteiger partial charge in [-0.25, -0.2) is 0 Å². The summed E-state index contributed by atoms with van der Waals surface area (Å²) in [5.41, 5.74) is 5.22. The maximum absolute atomic E-state index is 13.0. The lowest BCUT2D eigenvalue weighted by atomic mass is 9.93. The van der Waals surface area contributed by atoms with Crippen LogP contribution < -0.4 is 9.47 Å². The maximum atomic E-state index is 13.0. The molecule has 0 fully saturated rings. The molecule has 0 amide bonds. The van der Waals surface area contributed by atoms with Crippen LogP contribution in [0.5, 0.6) is 17.2 Å². The minimum atomic E-state index is -4.95. The van der Waals surface area contributed by atoms with E-state index in [0.717, 1.165) is 28.8 Å². The zero-order chi connectivity index (χ0) is 37.4. The lowest BCUT2D eigenvalue weighted by molar-refractivity contribution is 0.397. The molecule has 6 aromatic carbocycles. The van der Waals surface area contributed by atoms with Crippen LogP contribution in [0.3, 0.4) is 0 Å². The molecule has 266 valence electrons. The van der Waals surface area contributed by atoms with Crippen molar-refractivity contribution < 1.29 is 48.4 Å². The normalized spacial score (nSPS) is 12.0. The molecule has 0 unspecified atom stereocenters. The van der Waals surface area contributed by atoms with E-state index in [1.807, 2.05) is 55.5 Å². The van der Waals surface area contributed by atoms with Gasteiger partial charge in [0.2, 0.25) is 0 Å². The Morgan fingerprint density at radius 1 is 0.481 bits per heavy atom.